The Kier molecular flexibility index (Phi) is 5.61. The van der Waals surface area contributed by atoms with Crippen LogP contribution >= 0.6 is 23.3 Å². The van der Waals surface area contributed by atoms with Crippen molar-refractivity contribution < 1.29 is 0 Å². The van der Waals surface area contributed by atoms with Crippen LogP contribution in [0.1, 0.15) is 19.2 Å². The number of rotatable bonds is 6. The SMILES string of the molecule is CCCNC(C#N)CSc1nc(C)ns1. The van der Waals surface area contributed by atoms with Gasteiger partial charge in [-0.25, -0.2) is 4.98 Å². The fourth-order valence-corrected chi connectivity index (χ4v) is 2.60. The molecule has 0 saturated carbocycles. The zero-order valence-corrected chi connectivity index (χ0v) is 10.5. The third-order valence-electron chi connectivity index (χ3n) is 1.68. The van der Waals surface area contributed by atoms with Crippen LogP contribution in [0.4, 0.5) is 0 Å². The molecule has 0 amide bonds. The van der Waals surface area contributed by atoms with Crippen molar-refractivity contribution >= 4 is 23.3 Å². The minimum Gasteiger partial charge on any atom is -0.301 e. The van der Waals surface area contributed by atoms with Crippen LogP contribution in [-0.4, -0.2) is 27.7 Å². The molecule has 0 fully saturated rings. The smallest absolute Gasteiger partial charge is 0.170 e. The lowest BCUT2D eigenvalue weighted by molar-refractivity contribution is 0.637. The Bertz CT molecular complexity index is 331. The monoisotopic (exact) mass is 242 g/mol. The molecule has 1 heterocycles. The van der Waals surface area contributed by atoms with Crippen molar-refractivity contribution in [3.05, 3.63) is 5.82 Å². The lowest BCUT2D eigenvalue weighted by atomic mass is 10.3. The maximum atomic E-state index is 8.88. The molecule has 1 atom stereocenters. The summed E-state index contributed by atoms with van der Waals surface area (Å²) in [6.07, 6.45) is 1.04. The molecule has 0 spiro atoms. The summed E-state index contributed by atoms with van der Waals surface area (Å²) in [7, 11) is 0. The van der Waals surface area contributed by atoms with Gasteiger partial charge in [0.2, 0.25) is 0 Å². The Morgan fingerprint density at radius 3 is 3.00 bits per heavy atom. The summed E-state index contributed by atoms with van der Waals surface area (Å²) in [6.45, 7) is 4.84. The molecule has 0 aliphatic heterocycles. The van der Waals surface area contributed by atoms with Gasteiger partial charge in [0.15, 0.2) is 4.34 Å². The van der Waals surface area contributed by atoms with Crippen LogP contribution < -0.4 is 5.32 Å². The fraction of sp³-hybridized carbons (Fsp3) is 0.667. The summed E-state index contributed by atoms with van der Waals surface area (Å²) >= 11 is 2.97. The molecular weight excluding hydrogens is 228 g/mol. The largest absolute Gasteiger partial charge is 0.301 e. The first-order chi connectivity index (χ1) is 7.26. The molecule has 1 N–H and O–H groups in total. The predicted molar refractivity (Wildman–Crippen MR) is 63.1 cm³/mol. The van der Waals surface area contributed by atoms with Crippen molar-refractivity contribution in [2.24, 2.45) is 0 Å². The summed E-state index contributed by atoms with van der Waals surface area (Å²) in [5, 5.41) is 12.0. The Labute approximate surface area is 98.3 Å². The van der Waals surface area contributed by atoms with Crippen molar-refractivity contribution in [1.82, 2.24) is 14.7 Å². The third kappa shape index (κ3) is 4.60. The highest BCUT2D eigenvalue weighted by Gasteiger charge is 2.08. The number of nitriles is 1. The zero-order chi connectivity index (χ0) is 11.1. The average molecular weight is 242 g/mol. The molecule has 0 aliphatic rings. The highest BCUT2D eigenvalue weighted by atomic mass is 32.2. The van der Waals surface area contributed by atoms with Gasteiger partial charge in [0, 0.05) is 5.75 Å². The lowest BCUT2D eigenvalue weighted by Gasteiger charge is -2.08. The molecule has 0 bridgehead atoms. The molecule has 1 rings (SSSR count). The van der Waals surface area contributed by atoms with Crippen LogP contribution in [-0.2, 0) is 0 Å². The summed E-state index contributed by atoms with van der Waals surface area (Å²) < 4.78 is 5.03. The number of thioether (sulfide) groups is 1. The van der Waals surface area contributed by atoms with E-state index in [4.69, 9.17) is 5.26 Å². The standard InChI is InChI=1S/C9H14N4S2/c1-3-4-11-8(5-10)6-14-9-12-7(2)13-15-9/h8,11H,3-4,6H2,1-2H3. The first kappa shape index (κ1) is 12.4. The number of aryl methyl sites for hydroxylation is 1. The van der Waals surface area contributed by atoms with Gasteiger partial charge in [0.1, 0.15) is 11.9 Å². The minimum absolute atomic E-state index is 0.0980. The molecule has 0 aliphatic carbocycles. The summed E-state index contributed by atoms with van der Waals surface area (Å²) in [6, 6.07) is 2.14. The van der Waals surface area contributed by atoms with Gasteiger partial charge in [-0.2, -0.15) is 9.64 Å². The van der Waals surface area contributed by atoms with Crippen LogP contribution in [0.5, 0.6) is 0 Å². The molecule has 0 radical (unpaired) electrons. The van der Waals surface area contributed by atoms with Crippen LogP contribution in [0.25, 0.3) is 0 Å². The first-order valence-corrected chi connectivity index (χ1v) is 6.58. The Morgan fingerprint density at radius 1 is 1.67 bits per heavy atom. The van der Waals surface area contributed by atoms with E-state index in [9.17, 15) is 0 Å². The first-order valence-electron chi connectivity index (χ1n) is 4.82. The van der Waals surface area contributed by atoms with Crippen molar-refractivity contribution in [2.45, 2.75) is 30.6 Å². The predicted octanol–water partition coefficient (Wildman–Crippen LogP) is 1.83. The Balaban J connectivity index is 2.31. The third-order valence-corrected chi connectivity index (χ3v) is 3.70. The quantitative estimate of drug-likeness (QED) is 0.771. The highest BCUT2D eigenvalue weighted by molar-refractivity contribution is 8.00. The number of hydrogen-bond donors (Lipinski definition) is 1. The average Bonchev–Trinajstić information content (AvgIpc) is 2.65. The van der Waals surface area contributed by atoms with Crippen molar-refractivity contribution in [2.75, 3.05) is 12.3 Å². The van der Waals surface area contributed by atoms with E-state index >= 15 is 0 Å². The second-order valence-corrected chi connectivity index (χ2v) is 5.07. The van der Waals surface area contributed by atoms with Crippen LogP contribution in [0.15, 0.2) is 4.34 Å². The van der Waals surface area contributed by atoms with Crippen LogP contribution in [0.3, 0.4) is 0 Å². The number of hydrogen-bond acceptors (Lipinski definition) is 6. The van der Waals surface area contributed by atoms with E-state index in [1.165, 1.54) is 11.5 Å². The Hall–Kier alpha value is -0.640. The molecule has 0 aromatic carbocycles. The molecule has 1 aromatic heterocycles. The van der Waals surface area contributed by atoms with Crippen LogP contribution in [0, 0.1) is 18.3 Å². The minimum atomic E-state index is -0.0980. The molecular formula is C9H14N4S2. The van der Waals surface area contributed by atoms with Gasteiger partial charge in [-0.05, 0) is 31.4 Å². The van der Waals surface area contributed by atoms with Crippen molar-refractivity contribution in [1.29, 1.82) is 5.26 Å². The topological polar surface area (TPSA) is 61.6 Å². The van der Waals surface area contributed by atoms with Gasteiger partial charge in [-0.1, -0.05) is 18.7 Å². The second-order valence-electron chi connectivity index (χ2n) is 3.05. The number of aromatic nitrogens is 2. The molecule has 15 heavy (non-hydrogen) atoms. The van der Waals surface area contributed by atoms with E-state index in [1.807, 2.05) is 6.92 Å². The van der Waals surface area contributed by atoms with E-state index < -0.39 is 0 Å². The Morgan fingerprint density at radius 2 is 2.47 bits per heavy atom. The van der Waals surface area contributed by atoms with Gasteiger partial charge >= 0.3 is 0 Å². The van der Waals surface area contributed by atoms with Gasteiger partial charge in [-0.3, -0.25) is 0 Å². The van der Waals surface area contributed by atoms with Gasteiger partial charge in [-0.15, -0.1) is 0 Å². The molecule has 6 heteroatoms. The maximum Gasteiger partial charge on any atom is 0.170 e. The van der Waals surface area contributed by atoms with E-state index in [0.717, 1.165) is 28.9 Å². The lowest BCUT2D eigenvalue weighted by Crippen LogP contribution is -2.30. The molecule has 82 valence electrons. The molecule has 0 saturated heterocycles. The summed E-state index contributed by atoms with van der Waals surface area (Å²) in [5.74, 6) is 1.53. The van der Waals surface area contributed by atoms with E-state index in [-0.39, 0.29) is 6.04 Å². The van der Waals surface area contributed by atoms with Gasteiger partial charge < -0.3 is 5.32 Å². The molecule has 1 unspecified atom stereocenters. The summed E-state index contributed by atoms with van der Waals surface area (Å²) in [5.41, 5.74) is 0. The normalized spacial score (nSPS) is 12.3. The zero-order valence-electron chi connectivity index (χ0n) is 8.86. The van der Waals surface area contributed by atoms with Gasteiger partial charge in [0.25, 0.3) is 0 Å². The number of nitrogens with one attached hydrogen (secondary N) is 1. The van der Waals surface area contributed by atoms with Crippen LogP contribution in [0.2, 0.25) is 0 Å². The summed E-state index contributed by atoms with van der Waals surface area (Å²) in [4.78, 5) is 4.23. The van der Waals surface area contributed by atoms with E-state index in [0.29, 0.717) is 0 Å². The fourth-order valence-electron chi connectivity index (χ4n) is 0.952. The van der Waals surface area contributed by atoms with Gasteiger partial charge in [0.05, 0.1) is 6.07 Å². The van der Waals surface area contributed by atoms with Crippen molar-refractivity contribution in [3.8, 4) is 6.07 Å². The second kappa shape index (κ2) is 6.77. The maximum absolute atomic E-state index is 8.88. The highest BCUT2D eigenvalue weighted by Crippen LogP contribution is 2.20. The molecule has 1 aromatic rings. The van der Waals surface area contributed by atoms with Crippen molar-refractivity contribution in [3.63, 3.8) is 0 Å². The molecule has 4 nitrogen and oxygen atoms in total. The van der Waals surface area contributed by atoms with E-state index in [2.05, 4.69) is 27.7 Å². The van der Waals surface area contributed by atoms with E-state index in [1.54, 1.807) is 11.8 Å². The number of nitrogens with zero attached hydrogens (tertiary/aromatic N) is 3.